The molecule has 266 valence electrons. The lowest BCUT2D eigenvalue weighted by Gasteiger charge is -2.46. The predicted octanol–water partition coefficient (Wildman–Crippen LogP) is -0.191. The highest BCUT2D eigenvalue weighted by atomic mass is 32.2. The number of aliphatic hydroxyl groups excluding tert-OH is 1. The van der Waals surface area contributed by atoms with Gasteiger partial charge < -0.3 is 35.4 Å². The van der Waals surface area contributed by atoms with Crippen LogP contribution in [0.2, 0.25) is 0 Å². The minimum Gasteiger partial charge on any atom is -0.393 e. The number of nitro benzene ring substituents is 1. The maximum absolute atomic E-state index is 13.6. The number of hydrogen-bond donors (Lipinski definition) is 4. The molecule has 3 fully saturated rings. The minimum atomic E-state index is -1.02. The Morgan fingerprint density at radius 3 is 2.57 bits per heavy atom. The second kappa shape index (κ2) is 15.2. The van der Waals surface area contributed by atoms with Gasteiger partial charge in [-0.15, -0.1) is 11.8 Å². The average Bonchev–Trinajstić information content (AvgIpc) is 3.75. The summed E-state index contributed by atoms with van der Waals surface area (Å²) in [5.74, 6) is -3.24. The Morgan fingerprint density at radius 2 is 1.92 bits per heavy atom. The predicted molar refractivity (Wildman–Crippen MR) is 178 cm³/mol. The van der Waals surface area contributed by atoms with Crippen molar-refractivity contribution in [3.63, 3.8) is 0 Å². The molecular formula is C31H42N8O9S. The summed E-state index contributed by atoms with van der Waals surface area (Å²) in [5.41, 5.74) is 5.24. The first kappa shape index (κ1) is 36.2. The van der Waals surface area contributed by atoms with Crippen LogP contribution < -0.4 is 16.4 Å². The van der Waals surface area contributed by atoms with Crippen molar-refractivity contribution in [1.29, 1.82) is 0 Å². The van der Waals surface area contributed by atoms with E-state index in [4.69, 9.17) is 15.2 Å². The van der Waals surface area contributed by atoms with E-state index < -0.39 is 40.8 Å². The van der Waals surface area contributed by atoms with Gasteiger partial charge in [0.1, 0.15) is 12.4 Å². The number of hydrogen-bond acceptors (Lipinski definition) is 13. The van der Waals surface area contributed by atoms with Crippen molar-refractivity contribution in [2.75, 3.05) is 47.2 Å². The van der Waals surface area contributed by atoms with Crippen molar-refractivity contribution in [1.82, 2.24) is 25.3 Å². The van der Waals surface area contributed by atoms with Gasteiger partial charge in [-0.25, -0.2) is 9.59 Å². The van der Waals surface area contributed by atoms with Gasteiger partial charge in [0, 0.05) is 60.9 Å². The number of nitrogens with zero attached hydrogens (tertiary/aromatic N) is 5. The van der Waals surface area contributed by atoms with E-state index >= 15 is 0 Å². The first-order valence-corrected chi connectivity index (χ1v) is 16.9. The molecule has 0 bridgehead atoms. The van der Waals surface area contributed by atoms with Crippen LogP contribution in [0.5, 0.6) is 0 Å². The number of thioether (sulfide) groups is 1. The Labute approximate surface area is 287 Å². The topological polar surface area (TPSA) is 222 Å². The summed E-state index contributed by atoms with van der Waals surface area (Å²) in [7, 11) is 3.45. The third kappa shape index (κ3) is 7.57. The molecule has 0 spiro atoms. The standard InChI is InChI=1S/C31H42N8O9S/c1-16-24-23(17(2)40)28(42)38(24)25(30(44)48-29(43)18-5-7-20(8-6-18)39(45)46)26(16)49-21-11-22(36(4)13-21)27(41)37-10-9-19(12-37)34-14-47-15-35-31(32)33-3/h5-8,16-17,19,21-24,34,40H,9-15H2,1-4H3,(H3,32,33,35)/t16-,17-,19+,21+,22-,23-,24-/m1/s1. The van der Waals surface area contributed by atoms with Gasteiger partial charge in [-0.1, -0.05) is 6.92 Å². The highest BCUT2D eigenvalue weighted by Crippen LogP contribution is 2.52. The summed E-state index contributed by atoms with van der Waals surface area (Å²) in [6, 6.07) is 3.84. The monoisotopic (exact) mass is 702 g/mol. The van der Waals surface area contributed by atoms with Gasteiger partial charge in [-0.2, -0.15) is 0 Å². The summed E-state index contributed by atoms with van der Waals surface area (Å²) in [5, 5.41) is 27.3. The van der Waals surface area contributed by atoms with Gasteiger partial charge in [0.05, 0.1) is 41.3 Å². The van der Waals surface area contributed by atoms with Gasteiger partial charge in [-0.05, 0) is 38.9 Å². The van der Waals surface area contributed by atoms with Crippen LogP contribution in [0.15, 0.2) is 39.9 Å². The second-order valence-corrected chi connectivity index (χ2v) is 14.0. The summed E-state index contributed by atoms with van der Waals surface area (Å²) >= 11 is 1.39. The van der Waals surface area contributed by atoms with Gasteiger partial charge in [-0.3, -0.25) is 34.9 Å². The fourth-order valence-corrected chi connectivity index (χ4v) is 8.45. The van der Waals surface area contributed by atoms with Crippen LogP contribution in [0.1, 0.15) is 37.0 Å². The lowest BCUT2D eigenvalue weighted by molar-refractivity contribution is -0.384. The van der Waals surface area contributed by atoms with E-state index in [2.05, 4.69) is 15.6 Å². The van der Waals surface area contributed by atoms with Crippen molar-refractivity contribution < 1.29 is 38.7 Å². The number of β-lactam (4-membered cyclic amide) rings is 1. The normalized spacial score (nSPS) is 27.6. The number of nitrogens with two attached hydrogens (primary N) is 1. The summed E-state index contributed by atoms with van der Waals surface area (Å²) in [6.07, 6.45) is 0.332. The number of ether oxygens (including phenoxy) is 2. The summed E-state index contributed by atoms with van der Waals surface area (Å²) < 4.78 is 10.7. The van der Waals surface area contributed by atoms with Gasteiger partial charge in [0.15, 0.2) is 5.96 Å². The first-order valence-electron chi connectivity index (χ1n) is 16.0. The molecule has 0 aromatic heterocycles. The zero-order chi connectivity index (χ0) is 35.6. The zero-order valence-corrected chi connectivity index (χ0v) is 28.6. The molecule has 49 heavy (non-hydrogen) atoms. The number of carbonyl (C=O) groups is 4. The molecule has 2 amide bonds. The molecule has 7 atom stereocenters. The molecule has 0 aliphatic carbocycles. The van der Waals surface area contributed by atoms with E-state index in [1.807, 2.05) is 23.8 Å². The number of non-ortho nitro benzene ring substituents is 1. The number of likely N-dealkylation sites (N-methyl/N-ethyl adjacent to an activating group) is 1. The lowest BCUT2D eigenvalue weighted by Crippen LogP contribution is -2.63. The Balaban J connectivity index is 1.24. The average molecular weight is 703 g/mol. The largest absolute Gasteiger partial charge is 0.393 e. The highest BCUT2D eigenvalue weighted by molar-refractivity contribution is 8.03. The molecule has 4 heterocycles. The fraction of sp³-hybridized carbons (Fsp3) is 0.581. The number of guanidine groups is 1. The van der Waals surface area contributed by atoms with Crippen molar-refractivity contribution in [3.8, 4) is 0 Å². The van der Waals surface area contributed by atoms with Crippen molar-refractivity contribution in [3.05, 3.63) is 50.5 Å². The Bertz CT molecular complexity index is 1540. The van der Waals surface area contributed by atoms with Gasteiger partial charge in [0.25, 0.3) is 5.69 Å². The maximum Gasteiger partial charge on any atom is 0.363 e. The van der Waals surface area contributed by atoms with Crippen molar-refractivity contribution in [2.45, 2.75) is 56.2 Å². The zero-order valence-electron chi connectivity index (χ0n) is 27.7. The maximum atomic E-state index is 13.6. The molecule has 1 aromatic carbocycles. The van der Waals surface area contributed by atoms with E-state index in [1.165, 1.54) is 35.7 Å². The van der Waals surface area contributed by atoms with E-state index in [9.17, 15) is 34.4 Å². The number of aliphatic imine (C=N–C) groups is 1. The lowest BCUT2D eigenvalue weighted by atomic mass is 9.79. The minimum absolute atomic E-state index is 0.0133. The molecule has 4 aliphatic rings. The van der Waals surface area contributed by atoms with Crippen LogP contribution >= 0.6 is 11.8 Å². The van der Waals surface area contributed by atoms with E-state index in [1.54, 1.807) is 7.05 Å². The number of benzene rings is 1. The van der Waals surface area contributed by atoms with Gasteiger partial charge in [0.2, 0.25) is 11.8 Å². The number of fused-ring (bicyclic) bond motifs is 1. The molecule has 4 aliphatic heterocycles. The highest BCUT2D eigenvalue weighted by Gasteiger charge is 2.60. The number of nitro groups is 1. The third-order valence-corrected chi connectivity index (χ3v) is 11.0. The molecule has 18 heteroatoms. The Hall–Kier alpha value is -4.10. The Morgan fingerprint density at radius 1 is 1.20 bits per heavy atom. The molecule has 3 saturated heterocycles. The SMILES string of the molecule is CN=C(N)NCOCN[C@H]1CCN(C(=O)[C@H]2C[C@H](SC3=C(C(=O)OC(=O)c4ccc([N+](=O)[O-])cc4)N4C(=O)[C@H]([C@@H](C)O)[C@H]4[C@H]3C)CN2C)C1. The summed E-state index contributed by atoms with van der Waals surface area (Å²) in [6.45, 7) is 5.56. The number of aliphatic hydroxyl groups is 1. The number of rotatable bonds is 12. The fourth-order valence-electron chi connectivity index (χ4n) is 6.86. The van der Waals surface area contributed by atoms with E-state index in [0.29, 0.717) is 31.0 Å². The molecule has 0 saturated carbocycles. The second-order valence-electron chi connectivity index (χ2n) is 12.6. The summed E-state index contributed by atoms with van der Waals surface area (Å²) in [4.78, 5) is 73.1. The van der Waals surface area contributed by atoms with Crippen LogP contribution in [-0.4, -0.2) is 131 Å². The third-order valence-electron chi connectivity index (χ3n) is 9.46. The smallest absolute Gasteiger partial charge is 0.363 e. The number of amides is 2. The van der Waals surface area contributed by atoms with Crippen molar-refractivity contribution in [2.24, 2.45) is 22.6 Å². The molecule has 0 unspecified atom stereocenters. The molecule has 5 rings (SSSR count). The Kier molecular flexibility index (Phi) is 11.2. The van der Waals surface area contributed by atoms with E-state index in [-0.39, 0.29) is 65.5 Å². The first-order chi connectivity index (χ1) is 23.3. The molecule has 5 N–H and O–H groups in total. The van der Waals surface area contributed by atoms with E-state index in [0.717, 1.165) is 18.6 Å². The molecule has 0 radical (unpaired) electrons. The number of carbonyl (C=O) groups excluding carboxylic acids is 4. The number of nitrogens with one attached hydrogen (secondary N) is 2. The van der Waals surface area contributed by atoms with Crippen LogP contribution in [0, 0.1) is 22.0 Å². The van der Waals surface area contributed by atoms with Crippen molar-refractivity contribution >= 4 is 47.2 Å². The molecule has 17 nitrogen and oxygen atoms in total. The van der Waals surface area contributed by atoms with Crippen LogP contribution in [-0.2, 0) is 23.9 Å². The molecule has 1 aromatic rings. The van der Waals surface area contributed by atoms with Crippen LogP contribution in [0.3, 0.4) is 0 Å². The van der Waals surface area contributed by atoms with Crippen LogP contribution in [0.4, 0.5) is 5.69 Å². The van der Waals surface area contributed by atoms with Gasteiger partial charge >= 0.3 is 11.9 Å². The molecular weight excluding hydrogens is 660 g/mol. The van der Waals surface area contributed by atoms with Crippen LogP contribution in [0.25, 0.3) is 0 Å². The number of likely N-dealkylation sites (tertiary alicyclic amines) is 2. The quantitative estimate of drug-likeness (QED) is 0.0255. The number of esters is 2.